The van der Waals surface area contributed by atoms with E-state index in [-0.39, 0.29) is 17.9 Å². The Balaban J connectivity index is 3.46. The van der Waals surface area contributed by atoms with Crippen LogP contribution in [0, 0.1) is 5.92 Å². The number of hydrogen-bond acceptors (Lipinski definition) is 2. The molecular weight excluding hydrogens is 142 g/mol. The molecule has 66 valence electrons. The van der Waals surface area contributed by atoms with Crippen LogP contribution in [0.25, 0.3) is 0 Å². The Kier molecular flexibility index (Phi) is 4.86. The predicted molar refractivity (Wildman–Crippen MR) is 42.8 cm³/mol. The molecule has 0 aliphatic heterocycles. The number of carbonyl (C=O) groups is 1. The van der Waals surface area contributed by atoms with Gasteiger partial charge in [0.15, 0.2) is 0 Å². The van der Waals surface area contributed by atoms with E-state index < -0.39 is 0 Å². The zero-order valence-corrected chi connectivity index (χ0v) is 7.59. The predicted octanol–water partition coefficient (Wildman–Crippen LogP) is 0.206. The molecule has 0 radical (unpaired) electrons. The van der Waals surface area contributed by atoms with Gasteiger partial charge in [-0.3, -0.25) is 4.79 Å². The summed E-state index contributed by atoms with van der Waals surface area (Å²) in [6, 6.07) is 0.234. The number of quaternary nitrogens is 1. The van der Waals surface area contributed by atoms with Crippen LogP contribution < -0.4 is 5.73 Å². The van der Waals surface area contributed by atoms with Crippen LogP contribution in [0.4, 0.5) is 0 Å². The SMILES string of the molecule is CC[C@H]([NH3+])COC(=O)C(C)C. The number of esters is 1. The number of hydrogen-bond donors (Lipinski definition) is 1. The molecule has 3 N–H and O–H groups in total. The largest absolute Gasteiger partial charge is 0.459 e. The molecule has 11 heavy (non-hydrogen) atoms. The van der Waals surface area contributed by atoms with Crippen molar-refractivity contribution in [1.82, 2.24) is 0 Å². The first-order chi connectivity index (χ1) is 5.07. The van der Waals surface area contributed by atoms with E-state index in [0.29, 0.717) is 6.61 Å². The highest BCUT2D eigenvalue weighted by Gasteiger charge is 2.10. The van der Waals surface area contributed by atoms with Crippen molar-refractivity contribution in [2.45, 2.75) is 33.2 Å². The molecule has 3 nitrogen and oxygen atoms in total. The molecule has 0 aromatic carbocycles. The monoisotopic (exact) mass is 160 g/mol. The minimum atomic E-state index is -0.132. The number of rotatable bonds is 4. The van der Waals surface area contributed by atoms with Crippen LogP contribution in [-0.4, -0.2) is 18.6 Å². The van der Waals surface area contributed by atoms with Gasteiger partial charge in [0.25, 0.3) is 0 Å². The van der Waals surface area contributed by atoms with E-state index in [1.165, 1.54) is 0 Å². The Morgan fingerprint density at radius 2 is 2.09 bits per heavy atom. The molecule has 0 aromatic rings. The molecular formula is C8H18NO2+. The van der Waals surface area contributed by atoms with Crippen molar-refractivity contribution in [2.24, 2.45) is 5.92 Å². The summed E-state index contributed by atoms with van der Waals surface area (Å²) in [5.74, 6) is -0.161. The van der Waals surface area contributed by atoms with Crippen molar-refractivity contribution >= 4 is 5.97 Å². The van der Waals surface area contributed by atoms with Crippen LogP contribution in [0.5, 0.6) is 0 Å². The van der Waals surface area contributed by atoms with Crippen molar-refractivity contribution in [2.75, 3.05) is 6.61 Å². The third-order valence-corrected chi connectivity index (χ3v) is 1.51. The van der Waals surface area contributed by atoms with Crippen LogP contribution in [0.15, 0.2) is 0 Å². The Bertz CT molecular complexity index is 123. The zero-order chi connectivity index (χ0) is 8.85. The molecule has 1 atom stereocenters. The molecule has 0 spiro atoms. The fourth-order valence-corrected chi connectivity index (χ4v) is 0.485. The molecule has 0 bridgehead atoms. The van der Waals surface area contributed by atoms with Gasteiger partial charge in [-0.25, -0.2) is 0 Å². The highest BCUT2D eigenvalue weighted by atomic mass is 16.5. The van der Waals surface area contributed by atoms with Gasteiger partial charge < -0.3 is 10.5 Å². The summed E-state index contributed by atoms with van der Waals surface area (Å²) in [6.45, 7) is 6.13. The number of ether oxygens (including phenoxy) is 1. The third-order valence-electron chi connectivity index (χ3n) is 1.51. The van der Waals surface area contributed by atoms with E-state index in [1.54, 1.807) is 0 Å². The average Bonchev–Trinajstić information content (AvgIpc) is 1.99. The average molecular weight is 160 g/mol. The first-order valence-electron chi connectivity index (χ1n) is 4.07. The molecule has 0 aliphatic carbocycles. The molecule has 0 aliphatic rings. The summed E-state index contributed by atoms with van der Waals surface area (Å²) in [5.41, 5.74) is 3.81. The number of carbonyl (C=O) groups excluding carboxylic acids is 1. The molecule has 0 saturated carbocycles. The quantitative estimate of drug-likeness (QED) is 0.597. The first kappa shape index (κ1) is 10.4. The lowest BCUT2D eigenvalue weighted by atomic mass is 10.2. The molecule has 0 rings (SSSR count). The Morgan fingerprint density at radius 3 is 2.45 bits per heavy atom. The van der Waals surface area contributed by atoms with Gasteiger partial charge >= 0.3 is 5.97 Å². The van der Waals surface area contributed by atoms with E-state index in [9.17, 15) is 4.79 Å². The Labute approximate surface area is 67.9 Å². The second-order valence-corrected chi connectivity index (χ2v) is 3.06. The van der Waals surface area contributed by atoms with E-state index >= 15 is 0 Å². The lowest BCUT2D eigenvalue weighted by molar-refractivity contribution is -0.425. The molecule has 0 fully saturated rings. The fraction of sp³-hybridized carbons (Fsp3) is 0.875. The maximum absolute atomic E-state index is 10.9. The Hall–Kier alpha value is -0.570. The third kappa shape index (κ3) is 4.79. The molecule has 0 aromatic heterocycles. The lowest BCUT2D eigenvalue weighted by Crippen LogP contribution is -2.62. The van der Waals surface area contributed by atoms with E-state index in [4.69, 9.17) is 4.74 Å². The standard InChI is InChI=1S/C8H17NO2/c1-4-7(9)5-11-8(10)6(2)3/h6-7H,4-5,9H2,1-3H3/p+1/t7-/m0/s1. The minimum Gasteiger partial charge on any atom is -0.459 e. The maximum atomic E-state index is 10.9. The highest BCUT2D eigenvalue weighted by Crippen LogP contribution is 1.96. The van der Waals surface area contributed by atoms with Crippen LogP contribution in [-0.2, 0) is 9.53 Å². The van der Waals surface area contributed by atoms with Gasteiger partial charge in [-0.2, -0.15) is 0 Å². The second-order valence-electron chi connectivity index (χ2n) is 3.06. The van der Waals surface area contributed by atoms with Gasteiger partial charge in [-0.1, -0.05) is 20.8 Å². The van der Waals surface area contributed by atoms with E-state index in [1.807, 2.05) is 20.8 Å². The zero-order valence-electron chi connectivity index (χ0n) is 7.59. The van der Waals surface area contributed by atoms with Gasteiger partial charge in [0.2, 0.25) is 0 Å². The summed E-state index contributed by atoms with van der Waals surface area (Å²) in [5, 5.41) is 0. The fourth-order valence-electron chi connectivity index (χ4n) is 0.485. The summed E-state index contributed by atoms with van der Waals surface area (Å²) < 4.78 is 4.95. The normalized spacial score (nSPS) is 13.2. The van der Waals surface area contributed by atoms with Crippen LogP contribution in [0.2, 0.25) is 0 Å². The van der Waals surface area contributed by atoms with Gasteiger partial charge in [-0.15, -0.1) is 0 Å². The summed E-state index contributed by atoms with van der Waals surface area (Å²) in [7, 11) is 0. The smallest absolute Gasteiger partial charge is 0.308 e. The Morgan fingerprint density at radius 1 is 1.55 bits per heavy atom. The van der Waals surface area contributed by atoms with Crippen LogP contribution in [0.3, 0.4) is 0 Å². The lowest BCUT2D eigenvalue weighted by Gasteiger charge is -2.08. The van der Waals surface area contributed by atoms with Gasteiger partial charge in [0, 0.05) is 0 Å². The molecule has 0 saturated heterocycles. The van der Waals surface area contributed by atoms with Gasteiger partial charge in [-0.05, 0) is 6.42 Å². The van der Waals surface area contributed by atoms with Gasteiger partial charge in [0.1, 0.15) is 12.6 Å². The van der Waals surface area contributed by atoms with Gasteiger partial charge in [0.05, 0.1) is 5.92 Å². The summed E-state index contributed by atoms with van der Waals surface area (Å²) in [6.07, 6.45) is 0.950. The first-order valence-corrected chi connectivity index (χ1v) is 4.07. The van der Waals surface area contributed by atoms with Crippen molar-refractivity contribution in [3.63, 3.8) is 0 Å². The molecule has 0 heterocycles. The van der Waals surface area contributed by atoms with Crippen molar-refractivity contribution in [1.29, 1.82) is 0 Å². The highest BCUT2D eigenvalue weighted by molar-refractivity contribution is 5.71. The van der Waals surface area contributed by atoms with E-state index in [0.717, 1.165) is 6.42 Å². The van der Waals surface area contributed by atoms with Crippen LogP contribution in [0.1, 0.15) is 27.2 Å². The van der Waals surface area contributed by atoms with Crippen molar-refractivity contribution in [3.8, 4) is 0 Å². The van der Waals surface area contributed by atoms with Crippen LogP contribution >= 0.6 is 0 Å². The minimum absolute atomic E-state index is 0.0287. The second kappa shape index (κ2) is 5.13. The van der Waals surface area contributed by atoms with Crippen molar-refractivity contribution in [3.05, 3.63) is 0 Å². The molecule has 3 heteroatoms. The molecule has 0 unspecified atom stereocenters. The maximum Gasteiger partial charge on any atom is 0.308 e. The summed E-state index contributed by atoms with van der Waals surface area (Å²) in [4.78, 5) is 10.9. The topological polar surface area (TPSA) is 53.9 Å². The van der Waals surface area contributed by atoms with E-state index in [2.05, 4.69) is 5.73 Å². The molecule has 0 amide bonds. The van der Waals surface area contributed by atoms with Crippen molar-refractivity contribution < 1.29 is 15.3 Å². The summed E-state index contributed by atoms with van der Waals surface area (Å²) >= 11 is 0.